The lowest BCUT2D eigenvalue weighted by Crippen LogP contribution is -2.27. The molecule has 0 radical (unpaired) electrons. The minimum atomic E-state index is 0.485. The quantitative estimate of drug-likeness (QED) is 0.867. The van der Waals surface area contributed by atoms with Crippen LogP contribution in [0.2, 0.25) is 0 Å². The van der Waals surface area contributed by atoms with E-state index in [4.69, 9.17) is 4.74 Å². The van der Waals surface area contributed by atoms with Crippen molar-refractivity contribution in [1.82, 2.24) is 0 Å². The minimum Gasteiger partial charge on any atom is -0.497 e. The predicted octanol–water partition coefficient (Wildman–Crippen LogP) is 4.74. The second-order valence-corrected chi connectivity index (χ2v) is 6.65. The molecule has 1 aliphatic carbocycles. The fraction of sp³-hybridized carbons (Fsp3) is 0.333. The standard InChI is InChI=1S/C18H20BrNO/c1-12-7-15(19)11-17(8-12)20-16-5-3-13-4-6-18(21-2)10-14(13)9-16/h4,6-8,10-11,16,20H,3,5,9H2,1-2H3. The molecule has 1 aliphatic rings. The van der Waals surface area contributed by atoms with E-state index in [-0.39, 0.29) is 0 Å². The van der Waals surface area contributed by atoms with Gasteiger partial charge in [-0.1, -0.05) is 22.0 Å². The summed E-state index contributed by atoms with van der Waals surface area (Å²) in [4.78, 5) is 0. The van der Waals surface area contributed by atoms with Gasteiger partial charge in [-0.15, -0.1) is 0 Å². The van der Waals surface area contributed by atoms with E-state index in [1.165, 1.54) is 28.8 Å². The van der Waals surface area contributed by atoms with Crippen LogP contribution in [0, 0.1) is 6.92 Å². The molecule has 0 bridgehead atoms. The summed E-state index contributed by atoms with van der Waals surface area (Å²) < 4.78 is 6.47. The first-order valence-electron chi connectivity index (χ1n) is 7.33. The van der Waals surface area contributed by atoms with Crippen molar-refractivity contribution in [3.05, 3.63) is 57.6 Å². The van der Waals surface area contributed by atoms with Gasteiger partial charge in [-0.2, -0.15) is 0 Å². The van der Waals surface area contributed by atoms with Gasteiger partial charge < -0.3 is 10.1 Å². The van der Waals surface area contributed by atoms with E-state index in [1.54, 1.807) is 7.11 Å². The van der Waals surface area contributed by atoms with Gasteiger partial charge in [-0.05, 0) is 73.2 Å². The van der Waals surface area contributed by atoms with E-state index in [2.05, 4.69) is 64.6 Å². The van der Waals surface area contributed by atoms with Crippen LogP contribution in [0.15, 0.2) is 40.9 Å². The molecular formula is C18H20BrNO. The Balaban J connectivity index is 1.76. The summed E-state index contributed by atoms with van der Waals surface area (Å²) in [6, 6.07) is 13.4. The highest BCUT2D eigenvalue weighted by Crippen LogP contribution is 2.28. The predicted molar refractivity (Wildman–Crippen MR) is 91.3 cm³/mol. The van der Waals surface area contributed by atoms with E-state index in [1.807, 2.05) is 0 Å². The summed E-state index contributed by atoms with van der Waals surface area (Å²) in [6.45, 7) is 2.12. The number of anilines is 1. The molecule has 0 saturated carbocycles. The van der Waals surface area contributed by atoms with Gasteiger partial charge in [0.1, 0.15) is 5.75 Å². The first-order valence-corrected chi connectivity index (χ1v) is 8.13. The molecular weight excluding hydrogens is 326 g/mol. The Morgan fingerprint density at radius 2 is 2.00 bits per heavy atom. The Morgan fingerprint density at radius 3 is 2.76 bits per heavy atom. The zero-order valence-corrected chi connectivity index (χ0v) is 14.0. The minimum absolute atomic E-state index is 0.485. The van der Waals surface area contributed by atoms with Crippen LogP contribution in [0.5, 0.6) is 5.75 Å². The van der Waals surface area contributed by atoms with Gasteiger partial charge in [-0.3, -0.25) is 0 Å². The fourth-order valence-corrected chi connectivity index (χ4v) is 3.65. The molecule has 0 amide bonds. The van der Waals surface area contributed by atoms with Crippen molar-refractivity contribution in [3.8, 4) is 5.75 Å². The SMILES string of the molecule is COc1ccc2c(c1)CC(Nc1cc(C)cc(Br)c1)CC2. The van der Waals surface area contributed by atoms with E-state index in [0.717, 1.165) is 23.1 Å². The third-order valence-corrected chi connectivity index (χ3v) is 4.51. The lowest BCUT2D eigenvalue weighted by Gasteiger charge is -2.27. The Labute approximate surface area is 134 Å². The normalized spacial score (nSPS) is 17.2. The zero-order chi connectivity index (χ0) is 14.8. The van der Waals surface area contributed by atoms with Crippen molar-refractivity contribution in [2.75, 3.05) is 12.4 Å². The van der Waals surface area contributed by atoms with Crippen LogP contribution in [0.25, 0.3) is 0 Å². The molecule has 1 atom stereocenters. The van der Waals surface area contributed by atoms with Crippen molar-refractivity contribution >= 4 is 21.6 Å². The number of fused-ring (bicyclic) bond motifs is 1. The lowest BCUT2D eigenvalue weighted by molar-refractivity contribution is 0.413. The molecule has 21 heavy (non-hydrogen) atoms. The molecule has 3 rings (SSSR count). The number of hydrogen-bond donors (Lipinski definition) is 1. The number of methoxy groups -OCH3 is 1. The van der Waals surface area contributed by atoms with Crippen LogP contribution in [-0.2, 0) is 12.8 Å². The van der Waals surface area contributed by atoms with Gasteiger partial charge in [0.25, 0.3) is 0 Å². The Bertz CT molecular complexity index is 633. The van der Waals surface area contributed by atoms with Crippen LogP contribution >= 0.6 is 15.9 Å². The average Bonchev–Trinajstić information content (AvgIpc) is 2.45. The molecule has 1 unspecified atom stereocenters. The summed E-state index contributed by atoms with van der Waals surface area (Å²) >= 11 is 3.57. The van der Waals surface area contributed by atoms with Gasteiger partial charge in [0.15, 0.2) is 0 Å². The maximum absolute atomic E-state index is 5.34. The molecule has 0 heterocycles. The number of nitrogens with one attached hydrogen (secondary N) is 1. The van der Waals surface area contributed by atoms with Crippen molar-refractivity contribution in [1.29, 1.82) is 0 Å². The van der Waals surface area contributed by atoms with Gasteiger partial charge in [-0.25, -0.2) is 0 Å². The van der Waals surface area contributed by atoms with E-state index in [0.29, 0.717) is 6.04 Å². The molecule has 0 saturated heterocycles. The molecule has 2 nitrogen and oxygen atoms in total. The Kier molecular flexibility index (Phi) is 4.20. The molecule has 1 N–H and O–H groups in total. The first kappa shape index (κ1) is 14.5. The summed E-state index contributed by atoms with van der Waals surface area (Å²) in [5.74, 6) is 0.952. The van der Waals surface area contributed by atoms with E-state index in [9.17, 15) is 0 Å². The summed E-state index contributed by atoms with van der Waals surface area (Å²) in [5.41, 5.74) is 5.33. The molecule has 2 aromatic rings. The molecule has 110 valence electrons. The third kappa shape index (κ3) is 3.41. The molecule has 0 aliphatic heterocycles. The van der Waals surface area contributed by atoms with E-state index >= 15 is 0 Å². The molecule has 3 heteroatoms. The number of ether oxygens (including phenoxy) is 1. The van der Waals surface area contributed by atoms with Crippen molar-refractivity contribution in [2.24, 2.45) is 0 Å². The highest BCUT2D eigenvalue weighted by atomic mass is 79.9. The number of aryl methyl sites for hydroxylation is 2. The maximum atomic E-state index is 5.34. The van der Waals surface area contributed by atoms with Crippen LogP contribution in [0.4, 0.5) is 5.69 Å². The maximum Gasteiger partial charge on any atom is 0.119 e. The monoisotopic (exact) mass is 345 g/mol. The Morgan fingerprint density at radius 1 is 1.14 bits per heavy atom. The number of benzene rings is 2. The van der Waals surface area contributed by atoms with Gasteiger partial charge in [0.2, 0.25) is 0 Å². The van der Waals surface area contributed by atoms with Gasteiger partial charge in [0, 0.05) is 16.2 Å². The Hall–Kier alpha value is -1.48. The first-order chi connectivity index (χ1) is 10.1. The van der Waals surface area contributed by atoms with E-state index < -0.39 is 0 Å². The molecule has 0 aromatic heterocycles. The third-order valence-electron chi connectivity index (χ3n) is 4.05. The number of hydrogen-bond acceptors (Lipinski definition) is 2. The molecule has 2 aromatic carbocycles. The van der Waals surface area contributed by atoms with Gasteiger partial charge >= 0.3 is 0 Å². The van der Waals surface area contributed by atoms with Crippen LogP contribution in [-0.4, -0.2) is 13.2 Å². The zero-order valence-electron chi connectivity index (χ0n) is 12.4. The number of halogens is 1. The van der Waals surface area contributed by atoms with Crippen molar-refractivity contribution in [2.45, 2.75) is 32.2 Å². The second kappa shape index (κ2) is 6.10. The highest BCUT2D eigenvalue weighted by Gasteiger charge is 2.19. The highest BCUT2D eigenvalue weighted by molar-refractivity contribution is 9.10. The van der Waals surface area contributed by atoms with Crippen LogP contribution < -0.4 is 10.1 Å². The average molecular weight is 346 g/mol. The van der Waals surface area contributed by atoms with Crippen molar-refractivity contribution < 1.29 is 4.74 Å². The van der Waals surface area contributed by atoms with Gasteiger partial charge in [0.05, 0.1) is 7.11 Å². The lowest BCUT2D eigenvalue weighted by atomic mass is 9.88. The second-order valence-electron chi connectivity index (χ2n) is 5.74. The summed E-state index contributed by atoms with van der Waals surface area (Å²) in [6.07, 6.45) is 3.35. The van der Waals surface area contributed by atoms with Crippen molar-refractivity contribution in [3.63, 3.8) is 0 Å². The fourth-order valence-electron chi connectivity index (χ4n) is 3.04. The number of rotatable bonds is 3. The summed E-state index contributed by atoms with van der Waals surface area (Å²) in [5, 5.41) is 3.67. The smallest absolute Gasteiger partial charge is 0.119 e. The summed E-state index contributed by atoms with van der Waals surface area (Å²) in [7, 11) is 1.73. The largest absolute Gasteiger partial charge is 0.497 e. The topological polar surface area (TPSA) is 21.3 Å². The van der Waals surface area contributed by atoms with Crippen LogP contribution in [0.3, 0.4) is 0 Å². The molecule has 0 fully saturated rings. The molecule has 0 spiro atoms. The van der Waals surface area contributed by atoms with Crippen LogP contribution in [0.1, 0.15) is 23.1 Å².